The van der Waals surface area contributed by atoms with E-state index < -0.39 is 12.1 Å². The molecule has 0 aromatic heterocycles. The Kier molecular flexibility index (Phi) is 5.36. The van der Waals surface area contributed by atoms with Gasteiger partial charge in [-0.2, -0.15) is 0 Å². The SMILES string of the molecule is CNc1ccccc1C(=O)O[C@@H](C)C(=O)c1ccc(OC)cc1. The first-order valence-corrected chi connectivity index (χ1v) is 7.23. The van der Waals surface area contributed by atoms with E-state index in [4.69, 9.17) is 9.47 Å². The zero-order chi connectivity index (χ0) is 16.8. The average molecular weight is 313 g/mol. The number of nitrogens with one attached hydrogen (secondary N) is 1. The lowest BCUT2D eigenvalue weighted by molar-refractivity contribution is 0.0319. The van der Waals surface area contributed by atoms with E-state index in [1.165, 1.54) is 0 Å². The first kappa shape index (κ1) is 16.5. The zero-order valence-corrected chi connectivity index (χ0v) is 13.3. The van der Waals surface area contributed by atoms with E-state index in [0.717, 1.165) is 0 Å². The summed E-state index contributed by atoms with van der Waals surface area (Å²) in [5.41, 5.74) is 1.51. The van der Waals surface area contributed by atoms with Gasteiger partial charge in [0.25, 0.3) is 0 Å². The molecule has 5 nitrogen and oxygen atoms in total. The Hall–Kier alpha value is -2.82. The minimum Gasteiger partial charge on any atom is -0.497 e. The topological polar surface area (TPSA) is 64.6 Å². The second kappa shape index (κ2) is 7.45. The number of Topliss-reactive ketones (excluding diaryl/α,β-unsaturated/α-hetero) is 1. The molecule has 0 unspecified atom stereocenters. The molecule has 0 heterocycles. The van der Waals surface area contributed by atoms with Gasteiger partial charge in [-0.1, -0.05) is 12.1 Å². The van der Waals surface area contributed by atoms with Crippen LogP contribution >= 0.6 is 0 Å². The number of carbonyl (C=O) groups excluding carboxylic acids is 2. The summed E-state index contributed by atoms with van der Waals surface area (Å²) >= 11 is 0. The predicted octanol–water partition coefficient (Wildman–Crippen LogP) is 3.17. The van der Waals surface area contributed by atoms with Crippen LogP contribution in [-0.4, -0.2) is 32.0 Å². The van der Waals surface area contributed by atoms with Crippen LogP contribution in [0.3, 0.4) is 0 Å². The molecule has 0 aliphatic rings. The van der Waals surface area contributed by atoms with Gasteiger partial charge >= 0.3 is 5.97 Å². The molecule has 0 saturated carbocycles. The molecule has 2 aromatic rings. The Morgan fingerprint density at radius 3 is 2.30 bits per heavy atom. The van der Waals surface area contributed by atoms with Gasteiger partial charge in [0, 0.05) is 18.3 Å². The molecule has 0 aliphatic carbocycles. The van der Waals surface area contributed by atoms with Gasteiger partial charge in [0.05, 0.1) is 12.7 Å². The van der Waals surface area contributed by atoms with E-state index in [0.29, 0.717) is 22.6 Å². The van der Waals surface area contributed by atoms with E-state index in [1.54, 1.807) is 63.5 Å². The van der Waals surface area contributed by atoms with Gasteiger partial charge in [-0.15, -0.1) is 0 Å². The van der Waals surface area contributed by atoms with E-state index in [2.05, 4.69) is 5.32 Å². The molecule has 0 fully saturated rings. The van der Waals surface area contributed by atoms with Crippen LogP contribution in [0.25, 0.3) is 0 Å². The van der Waals surface area contributed by atoms with E-state index in [1.807, 2.05) is 6.07 Å². The Labute approximate surface area is 135 Å². The number of methoxy groups -OCH3 is 1. The van der Waals surface area contributed by atoms with Crippen molar-refractivity contribution in [2.45, 2.75) is 13.0 Å². The Morgan fingerprint density at radius 1 is 1.04 bits per heavy atom. The van der Waals surface area contributed by atoms with Crippen molar-refractivity contribution < 1.29 is 19.1 Å². The van der Waals surface area contributed by atoms with Crippen molar-refractivity contribution in [2.75, 3.05) is 19.5 Å². The third-order valence-electron chi connectivity index (χ3n) is 3.44. The highest BCUT2D eigenvalue weighted by Crippen LogP contribution is 2.18. The highest BCUT2D eigenvalue weighted by Gasteiger charge is 2.21. The van der Waals surface area contributed by atoms with Crippen molar-refractivity contribution >= 4 is 17.4 Å². The van der Waals surface area contributed by atoms with E-state index in [-0.39, 0.29) is 5.78 Å². The van der Waals surface area contributed by atoms with Crippen LogP contribution < -0.4 is 10.1 Å². The first-order chi connectivity index (χ1) is 11.1. The van der Waals surface area contributed by atoms with Crippen molar-refractivity contribution in [1.29, 1.82) is 0 Å². The number of ketones is 1. The molecule has 1 N–H and O–H groups in total. The van der Waals surface area contributed by atoms with Crippen LogP contribution in [0.2, 0.25) is 0 Å². The standard InChI is InChI=1S/C18H19NO4/c1-12(17(20)13-8-10-14(22-3)11-9-13)23-18(21)15-6-4-5-7-16(15)19-2/h4-12,19H,1-3H3/t12-/m0/s1. The van der Waals surface area contributed by atoms with Crippen molar-refractivity contribution in [3.63, 3.8) is 0 Å². The largest absolute Gasteiger partial charge is 0.497 e. The molecule has 0 amide bonds. The molecule has 0 spiro atoms. The van der Waals surface area contributed by atoms with E-state index >= 15 is 0 Å². The molecular weight excluding hydrogens is 294 g/mol. The maximum atomic E-state index is 12.3. The molecule has 0 saturated heterocycles. The summed E-state index contributed by atoms with van der Waals surface area (Å²) in [6, 6.07) is 13.7. The fraction of sp³-hybridized carbons (Fsp3) is 0.222. The third-order valence-corrected chi connectivity index (χ3v) is 3.44. The van der Waals surface area contributed by atoms with Gasteiger partial charge in [0.1, 0.15) is 5.75 Å². The van der Waals surface area contributed by atoms with Gasteiger partial charge in [-0.05, 0) is 43.3 Å². The summed E-state index contributed by atoms with van der Waals surface area (Å²) in [5, 5.41) is 2.92. The van der Waals surface area contributed by atoms with Crippen LogP contribution in [0.15, 0.2) is 48.5 Å². The van der Waals surface area contributed by atoms with Crippen LogP contribution in [0, 0.1) is 0 Å². The number of carbonyl (C=O) groups is 2. The number of anilines is 1. The molecular formula is C18H19NO4. The number of hydrogen-bond acceptors (Lipinski definition) is 5. The summed E-state index contributed by atoms with van der Waals surface area (Å²) in [6.07, 6.45) is -0.874. The second-order valence-corrected chi connectivity index (χ2v) is 4.94. The summed E-state index contributed by atoms with van der Waals surface area (Å²) in [6.45, 7) is 1.56. The second-order valence-electron chi connectivity index (χ2n) is 4.94. The Morgan fingerprint density at radius 2 is 1.70 bits per heavy atom. The van der Waals surface area contributed by atoms with Gasteiger partial charge in [-0.3, -0.25) is 4.79 Å². The molecule has 0 aliphatic heterocycles. The summed E-state index contributed by atoms with van der Waals surface area (Å²) < 4.78 is 10.3. The van der Waals surface area contributed by atoms with Gasteiger partial charge < -0.3 is 14.8 Å². The minimum atomic E-state index is -0.874. The van der Waals surface area contributed by atoms with Crippen LogP contribution in [0.5, 0.6) is 5.75 Å². The third kappa shape index (κ3) is 3.88. The Bertz CT molecular complexity index is 694. The summed E-state index contributed by atoms with van der Waals surface area (Å²) in [5.74, 6) is -0.138. The Balaban J connectivity index is 2.09. The summed E-state index contributed by atoms with van der Waals surface area (Å²) in [4.78, 5) is 24.6. The van der Waals surface area contributed by atoms with Crippen LogP contribution in [0.1, 0.15) is 27.6 Å². The quantitative estimate of drug-likeness (QED) is 0.655. The molecule has 2 rings (SSSR count). The highest BCUT2D eigenvalue weighted by atomic mass is 16.5. The number of rotatable bonds is 6. The maximum absolute atomic E-state index is 12.3. The lowest BCUT2D eigenvalue weighted by Crippen LogP contribution is -2.24. The molecule has 120 valence electrons. The lowest BCUT2D eigenvalue weighted by atomic mass is 10.1. The zero-order valence-electron chi connectivity index (χ0n) is 13.3. The molecule has 23 heavy (non-hydrogen) atoms. The fourth-order valence-electron chi connectivity index (χ4n) is 2.15. The number of esters is 1. The maximum Gasteiger partial charge on any atom is 0.340 e. The molecule has 0 bridgehead atoms. The molecule has 2 aromatic carbocycles. The van der Waals surface area contributed by atoms with Gasteiger partial charge in [0.15, 0.2) is 6.10 Å². The monoisotopic (exact) mass is 313 g/mol. The van der Waals surface area contributed by atoms with Crippen molar-refractivity contribution in [2.24, 2.45) is 0 Å². The van der Waals surface area contributed by atoms with Crippen molar-refractivity contribution in [3.05, 3.63) is 59.7 Å². The molecule has 5 heteroatoms. The van der Waals surface area contributed by atoms with Crippen molar-refractivity contribution in [3.8, 4) is 5.75 Å². The summed E-state index contributed by atoms with van der Waals surface area (Å²) in [7, 11) is 3.28. The average Bonchev–Trinajstić information content (AvgIpc) is 2.60. The van der Waals surface area contributed by atoms with Crippen LogP contribution in [-0.2, 0) is 4.74 Å². The molecule has 0 radical (unpaired) electrons. The number of benzene rings is 2. The number of ether oxygens (including phenoxy) is 2. The van der Waals surface area contributed by atoms with Gasteiger partial charge in [-0.25, -0.2) is 4.79 Å². The smallest absolute Gasteiger partial charge is 0.340 e. The highest BCUT2D eigenvalue weighted by molar-refractivity contribution is 6.02. The number of hydrogen-bond donors (Lipinski definition) is 1. The lowest BCUT2D eigenvalue weighted by Gasteiger charge is -2.14. The number of para-hydroxylation sites is 1. The van der Waals surface area contributed by atoms with Crippen LogP contribution in [0.4, 0.5) is 5.69 Å². The van der Waals surface area contributed by atoms with Crippen molar-refractivity contribution in [1.82, 2.24) is 0 Å². The van der Waals surface area contributed by atoms with Gasteiger partial charge in [0.2, 0.25) is 5.78 Å². The van der Waals surface area contributed by atoms with E-state index in [9.17, 15) is 9.59 Å². The predicted molar refractivity (Wildman–Crippen MR) is 88.2 cm³/mol. The minimum absolute atomic E-state index is 0.261. The fourth-order valence-corrected chi connectivity index (χ4v) is 2.15. The first-order valence-electron chi connectivity index (χ1n) is 7.23. The normalized spacial score (nSPS) is 11.4. The molecule has 1 atom stereocenters.